The number of aromatic nitrogens is 1. The molecule has 0 bridgehead atoms. The zero-order valence-electron chi connectivity index (χ0n) is 13.0. The number of hydrogen-bond acceptors (Lipinski definition) is 2. The van der Waals surface area contributed by atoms with Gasteiger partial charge in [0.15, 0.2) is 4.80 Å². The van der Waals surface area contributed by atoms with Crippen LogP contribution in [-0.4, -0.2) is 4.57 Å². The van der Waals surface area contributed by atoms with Gasteiger partial charge in [-0.15, -0.1) is 34.9 Å². The van der Waals surface area contributed by atoms with E-state index in [0.29, 0.717) is 0 Å². The van der Waals surface area contributed by atoms with Gasteiger partial charge in [0, 0.05) is 11.4 Å². The molecule has 0 radical (unpaired) electrons. The molecule has 0 spiro atoms. The average molecular weight is 387 g/mol. The number of para-hydroxylation sites is 1. The van der Waals surface area contributed by atoms with Gasteiger partial charge in [-0.05, 0) is 24.6 Å². The molecular weight excluding hydrogens is 368 g/mol. The number of allylic oxidation sites excluding steroid dienone is 1. The molecule has 0 fully saturated rings. The van der Waals surface area contributed by atoms with Crippen LogP contribution >= 0.6 is 28.3 Å². The van der Waals surface area contributed by atoms with Crippen molar-refractivity contribution in [1.29, 1.82) is 0 Å². The van der Waals surface area contributed by atoms with Crippen molar-refractivity contribution >= 4 is 34.0 Å². The molecule has 118 valence electrons. The third kappa shape index (κ3) is 3.89. The molecule has 0 atom stereocenters. The molecule has 3 aromatic rings. The first-order chi connectivity index (χ1) is 10.8. The summed E-state index contributed by atoms with van der Waals surface area (Å²) < 4.78 is 2.23. The SMILES string of the molecule is Br.C=CCn1c(-c2ccccc2)c(C)sc1=Nc1ccccc1. The van der Waals surface area contributed by atoms with Gasteiger partial charge in [-0.2, -0.15) is 0 Å². The van der Waals surface area contributed by atoms with Crippen LogP contribution in [0.15, 0.2) is 78.3 Å². The van der Waals surface area contributed by atoms with Crippen LogP contribution in [0, 0.1) is 6.92 Å². The third-order valence-electron chi connectivity index (χ3n) is 3.42. The van der Waals surface area contributed by atoms with Gasteiger partial charge in [0.25, 0.3) is 0 Å². The minimum absolute atomic E-state index is 0. The number of thiazole rings is 1. The number of halogens is 1. The number of benzene rings is 2. The molecule has 2 aromatic carbocycles. The Morgan fingerprint density at radius 1 is 1.04 bits per heavy atom. The second-order valence-electron chi connectivity index (χ2n) is 5.00. The van der Waals surface area contributed by atoms with Gasteiger partial charge >= 0.3 is 0 Å². The molecule has 0 aliphatic heterocycles. The molecule has 1 heterocycles. The van der Waals surface area contributed by atoms with Gasteiger partial charge in [-0.3, -0.25) is 0 Å². The quantitative estimate of drug-likeness (QED) is 0.525. The van der Waals surface area contributed by atoms with Crippen molar-refractivity contribution in [3.8, 4) is 11.3 Å². The Hall–Kier alpha value is -1.91. The first-order valence-corrected chi connectivity index (χ1v) is 8.07. The fraction of sp³-hybridized carbons (Fsp3) is 0.105. The standard InChI is InChI=1S/C19H18N2S.BrH/c1-3-14-21-18(16-10-6-4-7-11-16)15(2)22-19(21)20-17-12-8-5-9-13-17;/h3-13H,1,14H2,2H3;1H. The summed E-state index contributed by atoms with van der Waals surface area (Å²) in [6.45, 7) is 6.79. The maximum absolute atomic E-state index is 4.80. The molecule has 0 unspecified atom stereocenters. The minimum atomic E-state index is 0. The third-order valence-corrected chi connectivity index (χ3v) is 4.41. The highest BCUT2D eigenvalue weighted by Crippen LogP contribution is 2.25. The monoisotopic (exact) mass is 386 g/mol. The molecule has 0 saturated heterocycles. The zero-order chi connectivity index (χ0) is 15.4. The molecule has 1 aromatic heterocycles. The summed E-state index contributed by atoms with van der Waals surface area (Å²) >= 11 is 1.72. The van der Waals surface area contributed by atoms with Gasteiger partial charge in [-0.1, -0.05) is 54.6 Å². The average Bonchev–Trinajstić information content (AvgIpc) is 2.85. The van der Waals surface area contributed by atoms with E-state index in [2.05, 4.69) is 42.3 Å². The van der Waals surface area contributed by atoms with E-state index in [-0.39, 0.29) is 17.0 Å². The molecule has 0 amide bonds. The van der Waals surface area contributed by atoms with Crippen LogP contribution in [0.2, 0.25) is 0 Å². The molecule has 0 aliphatic carbocycles. The Balaban J connectivity index is 0.00000192. The summed E-state index contributed by atoms with van der Waals surface area (Å²) in [6, 6.07) is 20.5. The summed E-state index contributed by atoms with van der Waals surface area (Å²) in [5.74, 6) is 0. The molecule has 0 aliphatic rings. The highest BCUT2D eigenvalue weighted by Gasteiger charge is 2.11. The summed E-state index contributed by atoms with van der Waals surface area (Å²) in [5, 5.41) is 0. The Labute approximate surface area is 151 Å². The predicted octanol–water partition coefficient (Wildman–Crippen LogP) is 5.52. The van der Waals surface area contributed by atoms with E-state index >= 15 is 0 Å². The zero-order valence-corrected chi connectivity index (χ0v) is 15.5. The Morgan fingerprint density at radius 2 is 1.65 bits per heavy atom. The van der Waals surface area contributed by atoms with Gasteiger partial charge in [0.2, 0.25) is 0 Å². The number of aryl methyl sites for hydroxylation is 1. The molecule has 2 nitrogen and oxygen atoms in total. The van der Waals surface area contributed by atoms with E-state index in [4.69, 9.17) is 4.99 Å². The van der Waals surface area contributed by atoms with Crippen LogP contribution in [-0.2, 0) is 6.54 Å². The minimum Gasteiger partial charge on any atom is -0.312 e. The van der Waals surface area contributed by atoms with Gasteiger partial charge < -0.3 is 4.57 Å². The lowest BCUT2D eigenvalue weighted by Gasteiger charge is -2.07. The Bertz CT molecular complexity index is 833. The van der Waals surface area contributed by atoms with Gasteiger partial charge in [0.05, 0.1) is 11.4 Å². The molecule has 23 heavy (non-hydrogen) atoms. The summed E-state index contributed by atoms with van der Waals surface area (Å²) in [6.07, 6.45) is 1.92. The molecule has 0 saturated carbocycles. The second-order valence-corrected chi connectivity index (χ2v) is 6.18. The predicted molar refractivity (Wildman–Crippen MR) is 105 cm³/mol. The highest BCUT2D eigenvalue weighted by molar-refractivity contribution is 8.93. The lowest BCUT2D eigenvalue weighted by atomic mass is 10.1. The van der Waals surface area contributed by atoms with E-state index in [9.17, 15) is 0 Å². The van der Waals surface area contributed by atoms with Crippen molar-refractivity contribution < 1.29 is 0 Å². The van der Waals surface area contributed by atoms with Crippen LogP contribution < -0.4 is 4.80 Å². The topological polar surface area (TPSA) is 17.3 Å². The van der Waals surface area contributed by atoms with Crippen molar-refractivity contribution in [3.05, 3.63) is 83.0 Å². The summed E-state index contributed by atoms with van der Waals surface area (Å²) in [4.78, 5) is 7.07. The first-order valence-electron chi connectivity index (χ1n) is 7.26. The van der Waals surface area contributed by atoms with Crippen molar-refractivity contribution in [1.82, 2.24) is 4.57 Å². The number of rotatable bonds is 4. The number of hydrogen-bond donors (Lipinski definition) is 0. The normalized spacial score (nSPS) is 11.1. The molecule has 4 heteroatoms. The van der Waals surface area contributed by atoms with Crippen molar-refractivity contribution in [3.63, 3.8) is 0 Å². The van der Waals surface area contributed by atoms with Gasteiger partial charge in [-0.25, -0.2) is 4.99 Å². The van der Waals surface area contributed by atoms with E-state index < -0.39 is 0 Å². The fourth-order valence-electron chi connectivity index (χ4n) is 2.48. The van der Waals surface area contributed by atoms with Crippen LogP contribution in [0.5, 0.6) is 0 Å². The lowest BCUT2D eigenvalue weighted by molar-refractivity contribution is 0.798. The molecular formula is C19H19BrN2S. The smallest absolute Gasteiger partial charge is 0.190 e. The molecule has 0 N–H and O–H groups in total. The Morgan fingerprint density at radius 3 is 2.26 bits per heavy atom. The highest BCUT2D eigenvalue weighted by atomic mass is 79.9. The molecule has 3 rings (SSSR count). The van der Waals surface area contributed by atoms with E-state index in [1.165, 1.54) is 16.1 Å². The van der Waals surface area contributed by atoms with E-state index in [1.807, 2.05) is 42.5 Å². The first kappa shape index (κ1) is 17.4. The summed E-state index contributed by atoms with van der Waals surface area (Å²) in [5.41, 5.74) is 3.41. The maximum Gasteiger partial charge on any atom is 0.190 e. The fourth-order valence-corrected chi connectivity index (χ4v) is 3.50. The van der Waals surface area contributed by atoms with Crippen molar-refractivity contribution in [2.45, 2.75) is 13.5 Å². The van der Waals surface area contributed by atoms with Gasteiger partial charge in [0.1, 0.15) is 0 Å². The second kappa shape index (κ2) is 8.09. The van der Waals surface area contributed by atoms with Crippen LogP contribution in [0.4, 0.5) is 5.69 Å². The Kier molecular flexibility index (Phi) is 6.13. The van der Waals surface area contributed by atoms with Crippen molar-refractivity contribution in [2.75, 3.05) is 0 Å². The van der Waals surface area contributed by atoms with E-state index in [0.717, 1.165) is 17.0 Å². The van der Waals surface area contributed by atoms with Crippen LogP contribution in [0.3, 0.4) is 0 Å². The van der Waals surface area contributed by atoms with Crippen LogP contribution in [0.25, 0.3) is 11.3 Å². The summed E-state index contributed by atoms with van der Waals surface area (Å²) in [7, 11) is 0. The van der Waals surface area contributed by atoms with Crippen LogP contribution in [0.1, 0.15) is 4.88 Å². The number of nitrogens with zero attached hydrogens (tertiary/aromatic N) is 2. The van der Waals surface area contributed by atoms with E-state index in [1.54, 1.807) is 11.3 Å². The largest absolute Gasteiger partial charge is 0.312 e. The maximum atomic E-state index is 4.80. The van der Waals surface area contributed by atoms with Crippen molar-refractivity contribution in [2.24, 2.45) is 4.99 Å². The lowest BCUT2D eigenvalue weighted by Crippen LogP contribution is -2.14.